The third-order valence-corrected chi connectivity index (χ3v) is 4.61. The van der Waals surface area contributed by atoms with E-state index in [1.165, 1.54) is 12.1 Å². The Kier molecular flexibility index (Phi) is 5.70. The number of aryl methyl sites for hydroxylation is 1. The number of hydrogen-bond acceptors (Lipinski definition) is 3. The summed E-state index contributed by atoms with van der Waals surface area (Å²) in [6.45, 7) is 4.66. The summed E-state index contributed by atoms with van der Waals surface area (Å²) in [5.74, 6) is -0.0913. The minimum atomic E-state index is -4.34. The number of amides is 1. The summed E-state index contributed by atoms with van der Waals surface area (Å²) in [6.07, 6.45) is -4.34. The first-order valence-corrected chi connectivity index (χ1v) is 8.82. The maximum atomic E-state index is 12.9. The van der Waals surface area contributed by atoms with Crippen molar-refractivity contribution in [2.75, 3.05) is 42.9 Å². The minimum absolute atomic E-state index is 0.0913. The molecule has 0 bridgehead atoms. The Hall–Kier alpha value is -2.54. The van der Waals surface area contributed by atoms with Crippen LogP contribution in [0.4, 0.5) is 24.5 Å². The van der Waals surface area contributed by atoms with Gasteiger partial charge >= 0.3 is 6.18 Å². The number of alkyl halides is 3. The summed E-state index contributed by atoms with van der Waals surface area (Å²) in [6, 6.07) is 13.0. The largest absolute Gasteiger partial charge is 0.416 e. The van der Waals surface area contributed by atoms with E-state index >= 15 is 0 Å². The van der Waals surface area contributed by atoms with Gasteiger partial charge in [0, 0.05) is 37.6 Å². The Labute approximate surface area is 156 Å². The Morgan fingerprint density at radius 2 is 1.70 bits per heavy atom. The van der Waals surface area contributed by atoms with Gasteiger partial charge in [-0.3, -0.25) is 9.69 Å². The number of benzene rings is 2. The topological polar surface area (TPSA) is 35.6 Å². The van der Waals surface area contributed by atoms with Crippen molar-refractivity contribution in [2.45, 2.75) is 13.1 Å². The van der Waals surface area contributed by atoms with Crippen LogP contribution >= 0.6 is 0 Å². The van der Waals surface area contributed by atoms with Gasteiger partial charge in [-0.25, -0.2) is 0 Å². The van der Waals surface area contributed by atoms with E-state index in [0.29, 0.717) is 31.9 Å². The Morgan fingerprint density at radius 1 is 1.04 bits per heavy atom. The number of anilines is 2. The average Bonchev–Trinajstić information content (AvgIpc) is 2.64. The number of carbonyl (C=O) groups is 1. The first-order chi connectivity index (χ1) is 12.8. The molecule has 0 aromatic heterocycles. The molecule has 4 nitrogen and oxygen atoms in total. The molecule has 1 saturated heterocycles. The molecular weight excluding hydrogens is 355 g/mol. The second kappa shape index (κ2) is 8.00. The van der Waals surface area contributed by atoms with Crippen molar-refractivity contribution in [3.63, 3.8) is 0 Å². The fourth-order valence-corrected chi connectivity index (χ4v) is 3.08. The Balaban J connectivity index is 1.51. The van der Waals surface area contributed by atoms with Crippen molar-refractivity contribution in [3.05, 3.63) is 59.7 Å². The molecule has 0 saturated carbocycles. The van der Waals surface area contributed by atoms with Gasteiger partial charge in [-0.2, -0.15) is 13.2 Å². The maximum absolute atomic E-state index is 12.9. The number of carbonyl (C=O) groups excluding carboxylic acids is 1. The third-order valence-electron chi connectivity index (χ3n) is 4.61. The van der Waals surface area contributed by atoms with Crippen LogP contribution in [0, 0.1) is 6.92 Å². The van der Waals surface area contributed by atoms with E-state index in [1.54, 1.807) is 6.07 Å². The highest BCUT2D eigenvalue weighted by Crippen LogP contribution is 2.31. The molecule has 0 aliphatic carbocycles. The summed E-state index contributed by atoms with van der Waals surface area (Å²) in [7, 11) is 0. The molecule has 0 unspecified atom stereocenters. The van der Waals surface area contributed by atoms with Crippen molar-refractivity contribution in [1.29, 1.82) is 0 Å². The van der Waals surface area contributed by atoms with Crippen LogP contribution < -0.4 is 10.2 Å². The van der Waals surface area contributed by atoms with Gasteiger partial charge in [0.2, 0.25) is 5.91 Å². The molecule has 1 amide bonds. The van der Waals surface area contributed by atoms with Crippen LogP contribution in [0.5, 0.6) is 0 Å². The highest BCUT2D eigenvalue weighted by Gasteiger charge is 2.31. The molecule has 7 heteroatoms. The van der Waals surface area contributed by atoms with E-state index in [4.69, 9.17) is 0 Å². The Morgan fingerprint density at radius 3 is 2.33 bits per heavy atom. The predicted octanol–water partition coefficient (Wildman–Crippen LogP) is 3.77. The van der Waals surface area contributed by atoms with Gasteiger partial charge in [0.05, 0.1) is 12.1 Å². The quantitative estimate of drug-likeness (QED) is 0.881. The zero-order chi connectivity index (χ0) is 19.4. The van der Waals surface area contributed by atoms with Crippen molar-refractivity contribution in [1.82, 2.24) is 4.90 Å². The first kappa shape index (κ1) is 19.2. The lowest BCUT2D eigenvalue weighted by Crippen LogP contribution is -2.48. The number of piperazine rings is 1. The third kappa shape index (κ3) is 5.23. The molecule has 0 radical (unpaired) electrons. The standard InChI is InChI=1S/C20H22F3N3O/c1-15-5-7-17(8-6-15)24-19(27)14-25-9-11-26(12-10-25)18-4-2-3-16(13-18)20(21,22)23/h2-8,13H,9-12,14H2,1H3,(H,24,27). The summed E-state index contributed by atoms with van der Waals surface area (Å²) in [5.41, 5.74) is 1.81. The number of nitrogens with one attached hydrogen (secondary N) is 1. The molecule has 0 spiro atoms. The lowest BCUT2D eigenvalue weighted by Gasteiger charge is -2.36. The van der Waals surface area contributed by atoms with Gasteiger partial charge in [-0.1, -0.05) is 23.8 Å². The number of hydrogen-bond donors (Lipinski definition) is 1. The lowest BCUT2D eigenvalue weighted by molar-refractivity contribution is -0.137. The monoisotopic (exact) mass is 377 g/mol. The molecule has 144 valence electrons. The van der Waals surface area contributed by atoms with Gasteiger partial charge in [0.25, 0.3) is 0 Å². The van der Waals surface area contributed by atoms with Crippen LogP contribution in [-0.4, -0.2) is 43.5 Å². The summed E-state index contributed by atoms with van der Waals surface area (Å²) < 4.78 is 38.6. The SMILES string of the molecule is Cc1ccc(NC(=O)CN2CCN(c3cccc(C(F)(F)F)c3)CC2)cc1. The van der Waals surface area contributed by atoms with Gasteiger partial charge < -0.3 is 10.2 Å². The van der Waals surface area contributed by atoms with Crippen LogP contribution in [0.3, 0.4) is 0 Å². The van der Waals surface area contributed by atoms with Crippen LogP contribution in [0.2, 0.25) is 0 Å². The van der Waals surface area contributed by atoms with Crippen LogP contribution in [0.25, 0.3) is 0 Å². The molecule has 3 rings (SSSR count). The summed E-state index contributed by atoms with van der Waals surface area (Å²) >= 11 is 0. The molecule has 2 aromatic carbocycles. The van der Waals surface area contributed by atoms with Gasteiger partial charge in [-0.15, -0.1) is 0 Å². The van der Waals surface area contributed by atoms with Crippen LogP contribution in [0.1, 0.15) is 11.1 Å². The molecule has 0 atom stereocenters. The van der Waals surface area contributed by atoms with E-state index < -0.39 is 11.7 Å². The zero-order valence-corrected chi connectivity index (χ0v) is 15.1. The van der Waals surface area contributed by atoms with E-state index in [-0.39, 0.29) is 12.5 Å². The van der Waals surface area contributed by atoms with Crippen LogP contribution in [0.15, 0.2) is 48.5 Å². The molecule has 1 heterocycles. The average molecular weight is 377 g/mol. The van der Waals surface area contributed by atoms with Gasteiger partial charge in [0.1, 0.15) is 0 Å². The zero-order valence-electron chi connectivity index (χ0n) is 15.1. The van der Waals surface area contributed by atoms with Gasteiger partial charge in [-0.05, 0) is 37.3 Å². The molecule has 1 aliphatic heterocycles. The molecule has 1 aliphatic rings. The number of rotatable bonds is 4. The lowest BCUT2D eigenvalue weighted by atomic mass is 10.1. The first-order valence-electron chi connectivity index (χ1n) is 8.82. The minimum Gasteiger partial charge on any atom is -0.369 e. The smallest absolute Gasteiger partial charge is 0.369 e. The highest BCUT2D eigenvalue weighted by atomic mass is 19.4. The maximum Gasteiger partial charge on any atom is 0.416 e. The normalized spacial score (nSPS) is 15.6. The van der Waals surface area contributed by atoms with Gasteiger partial charge in [0.15, 0.2) is 0 Å². The highest BCUT2D eigenvalue weighted by molar-refractivity contribution is 5.92. The van der Waals surface area contributed by atoms with E-state index in [1.807, 2.05) is 41.0 Å². The number of halogens is 3. The fourth-order valence-electron chi connectivity index (χ4n) is 3.08. The molecule has 2 aromatic rings. The molecule has 1 N–H and O–H groups in total. The van der Waals surface area contributed by atoms with Crippen molar-refractivity contribution in [2.24, 2.45) is 0 Å². The van der Waals surface area contributed by atoms with E-state index in [9.17, 15) is 18.0 Å². The van der Waals surface area contributed by atoms with Crippen LogP contribution in [-0.2, 0) is 11.0 Å². The predicted molar refractivity (Wildman–Crippen MR) is 99.9 cm³/mol. The second-order valence-electron chi connectivity index (χ2n) is 6.73. The fraction of sp³-hybridized carbons (Fsp3) is 0.350. The molecule has 27 heavy (non-hydrogen) atoms. The van der Waals surface area contributed by atoms with Crippen molar-refractivity contribution >= 4 is 17.3 Å². The Bertz CT molecular complexity index is 782. The number of nitrogens with zero attached hydrogens (tertiary/aromatic N) is 2. The van der Waals surface area contributed by atoms with Crippen molar-refractivity contribution < 1.29 is 18.0 Å². The molecule has 1 fully saturated rings. The summed E-state index contributed by atoms with van der Waals surface area (Å²) in [5, 5.41) is 2.86. The summed E-state index contributed by atoms with van der Waals surface area (Å²) in [4.78, 5) is 16.1. The van der Waals surface area contributed by atoms with Crippen molar-refractivity contribution in [3.8, 4) is 0 Å². The van der Waals surface area contributed by atoms with E-state index in [2.05, 4.69) is 5.32 Å². The second-order valence-corrected chi connectivity index (χ2v) is 6.73. The van der Waals surface area contributed by atoms with E-state index in [0.717, 1.165) is 17.3 Å². The molecular formula is C20H22F3N3O.